The van der Waals surface area contributed by atoms with Crippen LogP contribution in [0.4, 0.5) is 4.39 Å². The number of hydrogen-bond donors (Lipinski definition) is 1. The Kier molecular flexibility index (Phi) is 4.79. The van der Waals surface area contributed by atoms with Gasteiger partial charge in [-0.05, 0) is 55.2 Å². The van der Waals surface area contributed by atoms with E-state index in [-0.39, 0.29) is 17.7 Å². The van der Waals surface area contributed by atoms with Gasteiger partial charge in [-0.3, -0.25) is 4.79 Å². The molecule has 3 unspecified atom stereocenters. The summed E-state index contributed by atoms with van der Waals surface area (Å²) in [6, 6.07) is 5.19. The van der Waals surface area contributed by atoms with Crippen LogP contribution in [0.3, 0.4) is 0 Å². The molecule has 2 nitrogen and oxygen atoms in total. The predicted octanol–water partition coefficient (Wildman–Crippen LogP) is 4.52. The van der Waals surface area contributed by atoms with Gasteiger partial charge in [-0.15, -0.1) is 0 Å². The van der Waals surface area contributed by atoms with E-state index in [1.54, 1.807) is 13.0 Å². The van der Waals surface area contributed by atoms with Crippen LogP contribution < -0.4 is 0 Å². The summed E-state index contributed by atoms with van der Waals surface area (Å²) in [5.41, 5.74) is 1.46. The average Bonchev–Trinajstić information content (AvgIpc) is 2.42. The van der Waals surface area contributed by atoms with Gasteiger partial charge in [-0.2, -0.15) is 0 Å². The van der Waals surface area contributed by atoms with Gasteiger partial charge in [0.2, 0.25) is 0 Å². The van der Waals surface area contributed by atoms with Crippen molar-refractivity contribution in [2.75, 3.05) is 0 Å². The van der Waals surface area contributed by atoms with E-state index in [1.807, 2.05) is 6.07 Å². The largest absolute Gasteiger partial charge is 0.481 e. The number of aliphatic carboxylic acids is 1. The molecule has 0 aromatic heterocycles. The molecule has 2 rings (SSSR count). The zero-order valence-electron chi connectivity index (χ0n) is 12.2. The second-order valence-electron chi connectivity index (χ2n) is 6.03. The van der Waals surface area contributed by atoms with Crippen molar-refractivity contribution in [3.63, 3.8) is 0 Å². The Balaban J connectivity index is 2.26. The topological polar surface area (TPSA) is 37.3 Å². The number of carbonyl (C=O) groups is 1. The molecule has 20 heavy (non-hydrogen) atoms. The molecule has 0 spiro atoms. The van der Waals surface area contributed by atoms with Crippen molar-refractivity contribution in [3.05, 3.63) is 35.1 Å². The summed E-state index contributed by atoms with van der Waals surface area (Å²) in [5.74, 6) is -0.821. The smallest absolute Gasteiger partial charge is 0.307 e. The van der Waals surface area contributed by atoms with Crippen molar-refractivity contribution >= 4 is 5.97 Å². The van der Waals surface area contributed by atoms with Crippen molar-refractivity contribution in [2.45, 2.75) is 51.9 Å². The second kappa shape index (κ2) is 6.38. The summed E-state index contributed by atoms with van der Waals surface area (Å²) in [6.45, 7) is 3.89. The fourth-order valence-electron chi connectivity index (χ4n) is 3.43. The molecule has 0 aliphatic heterocycles. The van der Waals surface area contributed by atoms with E-state index in [4.69, 9.17) is 0 Å². The van der Waals surface area contributed by atoms with Gasteiger partial charge in [0, 0.05) is 0 Å². The summed E-state index contributed by atoms with van der Waals surface area (Å²) < 4.78 is 13.8. The molecule has 1 aliphatic carbocycles. The van der Waals surface area contributed by atoms with Crippen molar-refractivity contribution < 1.29 is 14.3 Å². The van der Waals surface area contributed by atoms with Crippen LogP contribution in [0.1, 0.15) is 56.1 Å². The Bertz CT molecular complexity index is 484. The highest BCUT2D eigenvalue weighted by molar-refractivity contribution is 5.71. The minimum absolute atomic E-state index is 0.0482. The molecule has 3 heteroatoms. The summed E-state index contributed by atoms with van der Waals surface area (Å²) in [4.78, 5) is 11.5. The highest BCUT2D eigenvalue weighted by atomic mass is 19.1. The fourth-order valence-corrected chi connectivity index (χ4v) is 3.43. The Morgan fingerprint density at radius 2 is 2.15 bits per heavy atom. The molecular formula is C17H23FO2. The Labute approximate surface area is 120 Å². The lowest BCUT2D eigenvalue weighted by Gasteiger charge is -2.34. The van der Waals surface area contributed by atoms with E-state index in [1.165, 1.54) is 6.07 Å². The van der Waals surface area contributed by atoms with E-state index in [0.29, 0.717) is 17.9 Å². The Morgan fingerprint density at radius 3 is 2.75 bits per heavy atom. The number of hydrogen-bond acceptors (Lipinski definition) is 1. The Hall–Kier alpha value is -1.38. The molecule has 0 radical (unpaired) electrons. The number of carboxylic acid groups (broad SMARTS) is 1. The van der Waals surface area contributed by atoms with Crippen molar-refractivity contribution in [1.29, 1.82) is 0 Å². The van der Waals surface area contributed by atoms with E-state index in [0.717, 1.165) is 31.2 Å². The normalized spacial score (nSPS) is 26.4. The zero-order valence-corrected chi connectivity index (χ0v) is 12.2. The van der Waals surface area contributed by atoms with Gasteiger partial charge < -0.3 is 5.11 Å². The molecule has 0 amide bonds. The minimum atomic E-state index is -0.745. The molecular weight excluding hydrogens is 255 g/mol. The van der Waals surface area contributed by atoms with Crippen molar-refractivity contribution in [2.24, 2.45) is 11.8 Å². The van der Waals surface area contributed by atoms with E-state index in [2.05, 4.69) is 6.92 Å². The average molecular weight is 278 g/mol. The fraction of sp³-hybridized carbons (Fsp3) is 0.588. The maximum Gasteiger partial charge on any atom is 0.307 e. The van der Waals surface area contributed by atoms with Crippen LogP contribution >= 0.6 is 0 Å². The maximum atomic E-state index is 13.8. The van der Waals surface area contributed by atoms with Crippen LogP contribution in [-0.2, 0) is 4.79 Å². The highest BCUT2D eigenvalue weighted by Gasteiger charge is 2.35. The quantitative estimate of drug-likeness (QED) is 0.879. The first-order valence-corrected chi connectivity index (χ1v) is 7.51. The first-order chi connectivity index (χ1) is 9.52. The lowest BCUT2D eigenvalue weighted by Crippen LogP contribution is -2.29. The molecule has 1 aliphatic rings. The molecule has 1 saturated carbocycles. The first-order valence-electron chi connectivity index (χ1n) is 7.51. The Morgan fingerprint density at radius 1 is 1.40 bits per heavy atom. The van der Waals surface area contributed by atoms with Gasteiger partial charge >= 0.3 is 5.97 Å². The van der Waals surface area contributed by atoms with E-state index >= 15 is 0 Å². The molecule has 1 aromatic carbocycles. The molecule has 0 heterocycles. The van der Waals surface area contributed by atoms with Crippen LogP contribution in [-0.4, -0.2) is 11.1 Å². The number of rotatable bonds is 4. The lowest BCUT2D eigenvalue weighted by molar-refractivity contribution is -0.143. The maximum absolute atomic E-state index is 13.8. The SMILES string of the molecule is CCCC1CCC(C(=O)O)C(c2ccc(C)c(F)c2)C1. The first kappa shape index (κ1) is 15.0. The number of halogens is 1. The summed E-state index contributed by atoms with van der Waals surface area (Å²) in [6.07, 6.45) is 4.82. The molecule has 0 saturated heterocycles. The number of aryl methyl sites for hydroxylation is 1. The van der Waals surface area contributed by atoms with E-state index < -0.39 is 5.97 Å². The van der Waals surface area contributed by atoms with Gasteiger partial charge in [0.15, 0.2) is 0 Å². The van der Waals surface area contributed by atoms with Crippen molar-refractivity contribution in [3.8, 4) is 0 Å². The number of benzene rings is 1. The molecule has 3 atom stereocenters. The van der Waals surface area contributed by atoms with E-state index in [9.17, 15) is 14.3 Å². The predicted molar refractivity (Wildman–Crippen MR) is 77.3 cm³/mol. The van der Waals surface area contributed by atoms with Gasteiger partial charge in [-0.25, -0.2) is 4.39 Å². The number of carboxylic acids is 1. The van der Waals surface area contributed by atoms with Crippen molar-refractivity contribution in [1.82, 2.24) is 0 Å². The monoisotopic (exact) mass is 278 g/mol. The zero-order chi connectivity index (χ0) is 14.7. The summed E-state index contributed by atoms with van der Waals surface area (Å²) >= 11 is 0. The van der Waals surface area contributed by atoms with Crippen LogP contribution in [0.2, 0.25) is 0 Å². The van der Waals surface area contributed by atoms with Crippen LogP contribution in [0.15, 0.2) is 18.2 Å². The lowest BCUT2D eigenvalue weighted by atomic mass is 9.70. The third-order valence-corrected chi connectivity index (χ3v) is 4.60. The van der Waals surface area contributed by atoms with Gasteiger partial charge in [0.1, 0.15) is 5.82 Å². The standard InChI is InChI=1S/C17H23FO2/c1-3-4-12-6-8-14(17(19)20)15(9-12)13-7-5-11(2)16(18)10-13/h5,7,10,12,14-15H,3-4,6,8-9H2,1-2H3,(H,19,20). The molecule has 0 bridgehead atoms. The third kappa shape index (κ3) is 3.20. The van der Waals surface area contributed by atoms with Crippen LogP contribution in [0.25, 0.3) is 0 Å². The molecule has 1 fully saturated rings. The highest BCUT2D eigenvalue weighted by Crippen LogP contribution is 2.42. The minimum Gasteiger partial charge on any atom is -0.481 e. The van der Waals surface area contributed by atoms with Gasteiger partial charge in [-0.1, -0.05) is 31.9 Å². The van der Waals surface area contributed by atoms with Crippen LogP contribution in [0, 0.1) is 24.6 Å². The summed E-state index contributed by atoms with van der Waals surface area (Å²) in [5, 5.41) is 9.42. The molecule has 1 aromatic rings. The van der Waals surface area contributed by atoms with Gasteiger partial charge in [0.25, 0.3) is 0 Å². The molecule has 110 valence electrons. The third-order valence-electron chi connectivity index (χ3n) is 4.60. The molecule has 1 N–H and O–H groups in total. The summed E-state index contributed by atoms with van der Waals surface area (Å²) in [7, 11) is 0. The second-order valence-corrected chi connectivity index (χ2v) is 6.03. The van der Waals surface area contributed by atoms with Crippen LogP contribution in [0.5, 0.6) is 0 Å². The van der Waals surface area contributed by atoms with Gasteiger partial charge in [0.05, 0.1) is 5.92 Å².